The Morgan fingerprint density at radius 2 is 1.69 bits per heavy atom. The van der Waals surface area contributed by atoms with Crippen LogP contribution < -0.4 is 15.8 Å². The lowest BCUT2D eigenvalue weighted by molar-refractivity contribution is 0.102. The second-order valence-corrected chi connectivity index (χ2v) is 8.69. The number of nitrogens with one attached hydrogen (secondary N) is 2. The largest absolute Gasteiger partial charge is 0.397 e. The maximum atomic E-state index is 12.6. The van der Waals surface area contributed by atoms with E-state index in [1.54, 1.807) is 60.7 Å². The predicted molar refractivity (Wildman–Crippen MR) is 113 cm³/mol. The van der Waals surface area contributed by atoms with Gasteiger partial charge in [0.25, 0.3) is 5.91 Å². The summed E-state index contributed by atoms with van der Waals surface area (Å²) in [5.41, 5.74) is 9.33. The highest BCUT2D eigenvalue weighted by Crippen LogP contribution is 2.33. The number of amides is 1. The van der Waals surface area contributed by atoms with Crippen LogP contribution in [0.5, 0.6) is 0 Å². The van der Waals surface area contributed by atoms with Crippen LogP contribution in [-0.2, 0) is 16.4 Å². The van der Waals surface area contributed by atoms with Gasteiger partial charge in [0.05, 0.1) is 16.3 Å². The molecule has 0 saturated carbocycles. The van der Waals surface area contributed by atoms with Crippen molar-refractivity contribution in [3.05, 3.63) is 89.5 Å². The molecule has 1 atom stereocenters. The molecule has 4 rings (SSSR count). The van der Waals surface area contributed by atoms with Crippen LogP contribution in [0.15, 0.2) is 77.7 Å². The fourth-order valence-corrected chi connectivity index (χ4v) is 4.81. The molecular weight excluding hydrogens is 386 g/mol. The van der Waals surface area contributed by atoms with Crippen molar-refractivity contribution in [3.63, 3.8) is 0 Å². The average Bonchev–Trinajstić information content (AvgIpc) is 3.12. The van der Waals surface area contributed by atoms with E-state index in [2.05, 4.69) is 10.0 Å². The number of nitrogens with two attached hydrogens (primary N) is 1. The zero-order valence-electron chi connectivity index (χ0n) is 15.6. The third-order valence-electron chi connectivity index (χ3n) is 5.04. The summed E-state index contributed by atoms with van der Waals surface area (Å²) >= 11 is 0. The normalized spacial score (nSPS) is 15.7. The number of sulfonamides is 1. The number of rotatable bonds is 5. The summed E-state index contributed by atoms with van der Waals surface area (Å²) in [5.74, 6) is -0.251. The number of anilines is 2. The number of hydrogen-bond donors (Lipinski definition) is 3. The molecule has 1 aliphatic rings. The first-order chi connectivity index (χ1) is 13.9. The maximum absolute atomic E-state index is 12.6. The van der Waals surface area contributed by atoms with Gasteiger partial charge in [-0.1, -0.05) is 36.4 Å². The Morgan fingerprint density at radius 3 is 2.45 bits per heavy atom. The van der Waals surface area contributed by atoms with Crippen LogP contribution in [0.3, 0.4) is 0 Å². The van der Waals surface area contributed by atoms with Crippen molar-refractivity contribution < 1.29 is 13.2 Å². The first kappa shape index (κ1) is 19.2. The first-order valence-electron chi connectivity index (χ1n) is 9.30. The van der Waals surface area contributed by atoms with Gasteiger partial charge in [-0.3, -0.25) is 4.79 Å². The van der Waals surface area contributed by atoms with E-state index < -0.39 is 10.0 Å². The van der Waals surface area contributed by atoms with Crippen molar-refractivity contribution in [2.24, 2.45) is 0 Å². The van der Waals surface area contributed by atoms with E-state index >= 15 is 0 Å². The Labute approximate surface area is 169 Å². The molecule has 0 aromatic heterocycles. The van der Waals surface area contributed by atoms with Gasteiger partial charge in [-0.2, -0.15) is 0 Å². The van der Waals surface area contributed by atoms with E-state index in [1.807, 2.05) is 12.1 Å². The van der Waals surface area contributed by atoms with Crippen LogP contribution in [0, 0.1) is 0 Å². The molecule has 1 unspecified atom stereocenters. The highest BCUT2D eigenvalue weighted by molar-refractivity contribution is 7.89. The van der Waals surface area contributed by atoms with Crippen molar-refractivity contribution in [1.29, 1.82) is 0 Å². The summed E-state index contributed by atoms with van der Waals surface area (Å²) in [6.45, 7) is 0. The Balaban J connectivity index is 1.52. The van der Waals surface area contributed by atoms with Crippen LogP contribution in [0.4, 0.5) is 11.4 Å². The lowest BCUT2D eigenvalue weighted by atomic mass is 10.0. The summed E-state index contributed by atoms with van der Waals surface area (Å²) in [4.78, 5) is 12.8. The Morgan fingerprint density at radius 1 is 0.966 bits per heavy atom. The van der Waals surface area contributed by atoms with E-state index in [0.717, 1.165) is 11.1 Å². The number of para-hydroxylation sites is 2. The number of fused-ring (bicyclic) bond motifs is 1. The van der Waals surface area contributed by atoms with Gasteiger partial charge in [0.15, 0.2) is 0 Å². The van der Waals surface area contributed by atoms with Crippen LogP contribution >= 0.6 is 0 Å². The zero-order valence-corrected chi connectivity index (χ0v) is 16.4. The van der Waals surface area contributed by atoms with E-state index in [-0.39, 0.29) is 16.8 Å². The van der Waals surface area contributed by atoms with Crippen LogP contribution in [0.1, 0.15) is 33.9 Å². The standard InChI is InChI=1S/C22H21N3O3S/c23-19-8-4-5-9-21(19)24-22(26)16-10-12-18-15(14-16)11-13-20(18)25-29(27,28)17-6-2-1-3-7-17/h1-10,12,14,20,25H,11,13,23H2,(H,24,26). The Bertz CT molecular complexity index is 1160. The van der Waals surface area contributed by atoms with Crippen molar-refractivity contribution in [1.82, 2.24) is 4.72 Å². The number of nitrogen functional groups attached to an aromatic ring is 1. The summed E-state index contributed by atoms with van der Waals surface area (Å²) in [7, 11) is -3.60. The Kier molecular flexibility index (Phi) is 5.08. The number of carbonyl (C=O) groups is 1. The molecule has 3 aromatic carbocycles. The molecule has 4 N–H and O–H groups in total. The molecule has 0 saturated heterocycles. The number of carbonyl (C=O) groups excluding carboxylic acids is 1. The summed E-state index contributed by atoms with van der Waals surface area (Å²) in [6, 6.07) is 20.4. The van der Waals surface area contributed by atoms with Crippen LogP contribution in [0.2, 0.25) is 0 Å². The summed E-state index contributed by atoms with van der Waals surface area (Å²) in [5, 5.41) is 2.81. The van der Waals surface area contributed by atoms with Crippen molar-refractivity contribution in [2.75, 3.05) is 11.1 Å². The lowest BCUT2D eigenvalue weighted by Crippen LogP contribution is -2.27. The van der Waals surface area contributed by atoms with Crippen LogP contribution in [0.25, 0.3) is 0 Å². The third kappa shape index (κ3) is 4.01. The van der Waals surface area contributed by atoms with Gasteiger partial charge in [-0.05, 0) is 60.4 Å². The molecule has 7 heteroatoms. The minimum Gasteiger partial charge on any atom is -0.397 e. The molecule has 0 bridgehead atoms. The van der Waals surface area contributed by atoms with Gasteiger partial charge in [0.1, 0.15) is 0 Å². The molecule has 6 nitrogen and oxygen atoms in total. The van der Waals surface area contributed by atoms with Crippen LogP contribution in [-0.4, -0.2) is 14.3 Å². The summed E-state index contributed by atoms with van der Waals surface area (Å²) < 4.78 is 28.0. The Hall–Kier alpha value is -3.16. The second-order valence-electron chi connectivity index (χ2n) is 6.98. The number of benzene rings is 3. The number of aryl methyl sites for hydroxylation is 1. The van der Waals surface area contributed by atoms with E-state index in [9.17, 15) is 13.2 Å². The fourth-order valence-electron chi connectivity index (χ4n) is 3.54. The van der Waals surface area contributed by atoms with Crippen molar-refractivity contribution >= 4 is 27.3 Å². The molecule has 1 aliphatic carbocycles. The fraction of sp³-hybridized carbons (Fsp3) is 0.136. The molecule has 0 aliphatic heterocycles. The molecule has 148 valence electrons. The van der Waals surface area contributed by atoms with Gasteiger partial charge >= 0.3 is 0 Å². The molecular formula is C22H21N3O3S. The SMILES string of the molecule is Nc1ccccc1NC(=O)c1ccc2c(c1)CCC2NS(=O)(=O)c1ccccc1. The molecule has 29 heavy (non-hydrogen) atoms. The topological polar surface area (TPSA) is 101 Å². The van der Waals surface area contributed by atoms with E-state index in [0.29, 0.717) is 29.8 Å². The number of hydrogen-bond acceptors (Lipinski definition) is 4. The monoisotopic (exact) mass is 407 g/mol. The highest BCUT2D eigenvalue weighted by atomic mass is 32.2. The van der Waals surface area contributed by atoms with Crippen molar-refractivity contribution in [2.45, 2.75) is 23.8 Å². The minimum atomic E-state index is -3.60. The first-order valence-corrected chi connectivity index (χ1v) is 10.8. The maximum Gasteiger partial charge on any atom is 0.255 e. The van der Waals surface area contributed by atoms with Crippen molar-refractivity contribution in [3.8, 4) is 0 Å². The molecule has 0 fully saturated rings. The van der Waals surface area contributed by atoms with Gasteiger partial charge in [0.2, 0.25) is 10.0 Å². The van der Waals surface area contributed by atoms with Gasteiger partial charge in [-0.25, -0.2) is 13.1 Å². The lowest BCUT2D eigenvalue weighted by Gasteiger charge is -2.15. The quantitative estimate of drug-likeness (QED) is 0.564. The molecule has 0 spiro atoms. The minimum absolute atomic E-state index is 0.241. The average molecular weight is 407 g/mol. The molecule has 0 radical (unpaired) electrons. The van der Waals surface area contributed by atoms with Gasteiger partial charge in [-0.15, -0.1) is 0 Å². The van der Waals surface area contributed by atoms with E-state index in [1.165, 1.54) is 0 Å². The molecule has 1 amide bonds. The van der Waals surface area contributed by atoms with Gasteiger partial charge < -0.3 is 11.1 Å². The predicted octanol–water partition coefficient (Wildman–Crippen LogP) is 3.49. The van der Waals surface area contributed by atoms with Gasteiger partial charge in [0, 0.05) is 11.6 Å². The molecule has 0 heterocycles. The third-order valence-corrected chi connectivity index (χ3v) is 6.53. The van der Waals surface area contributed by atoms with E-state index in [4.69, 9.17) is 5.73 Å². The second kappa shape index (κ2) is 7.69. The zero-order chi connectivity index (χ0) is 20.4. The smallest absolute Gasteiger partial charge is 0.255 e. The highest BCUT2D eigenvalue weighted by Gasteiger charge is 2.28. The summed E-state index contributed by atoms with van der Waals surface area (Å²) in [6.07, 6.45) is 1.35. The molecule has 3 aromatic rings.